The highest BCUT2D eigenvalue weighted by Gasteiger charge is 2.20. The number of aromatic carboxylic acids is 1. The van der Waals surface area contributed by atoms with E-state index < -0.39 is 11.8 Å². The van der Waals surface area contributed by atoms with Crippen LogP contribution in [0.3, 0.4) is 0 Å². The summed E-state index contributed by atoms with van der Waals surface area (Å²) in [5.41, 5.74) is 3.48. The van der Waals surface area contributed by atoms with Crippen molar-refractivity contribution in [1.82, 2.24) is 4.98 Å². The van der Waals surface area contributed by atoms with Crippen LogP contribution < -0.4 is 0 Å². The van der Waals surface area contributed by atoms with Gasteiger partial charge in [0, 0.05) is 6.20 Å². The molecule has 0 saturated heterocycles. The molecule has 1 heterocycles. The van der Waals surface area contributed by atoms with E-state index in [0.29, 0.717) is 18.5 Å². The molecule has 0 bridgehead atoms. The number of aromatic nitrogens is 1. The molecule has 0 aliphatic heterocycles. The molecule has 0 radical (unpaired) electrons. The average Bonchev–Trinajstić information content (AvgIpc) is 2.84. The lowest BCUT2D eigenvalue weighted by atomic mass is 10.0. The molecule has 1 aromatic heterocycles. The zero-order chi connectivity index (χ0) is 15.0. The van der Waals surface area contributed by atoms with Gasteiger partial charge in [-0.25, -0.2) is 9.18 Å². The predicted molar refractivity (Wildman–Crippen MR) is 78.0 cm³/mol. The van der Waals surface area contributed by atoms with Crippen LogP contribution in [0, 0.1) is 5.82 Å². The van der Waals surface area contributed by atoms with E-state index in [0.717, 1.165) is 16.7 Å². The number of allylic oxidation sites excluding steroid dienone is 1. The Morgan fingerprint density at radius 3 is 2.90 bits per heavy atom. The summed E-state index contributed by atoms with van der Waals surface area (Å²) in [7, 11) is 0. The van der Waals surface area contributed by atoms with E-state index in [2.05, 4.69) is 4.98 Å². The number of carbonyl (C=O) groups is 1. The van der Waals surface area contributed by atoms with Crippen LogP contribution in [-0.2, 0) is 12.8 Å². The first-order chi connectivity index (χ1) is 10.0. The minimum absolute atomic E-state index is 0.0947. The van der Waals surface area contributed by atoms with E-state index in [9.17, 15) is 14.3 Å². The van der Waals surface area contributed by atoms with Crippen molar-refractivity contribution in [3.05, 3.63) is 69.3 Å². The number of hydrogen-bond donors (Lipinski definition) is 1. The third-order valence-electron chi connectivity index (χ3n) is 3.48. The first-order valence-corrected chi connectivity index (χ1v) is 6.77. The van der Waals surface area contributed by atoms with Crippen molar-refractivity contribution in [3.8, 4) is 0 Å². The number of pyridine rings is 1. The molecule has 0 saturated carbocycles. The highest BCUT2D eigenvalue weighted by Crippen LogP contribution is 2.29. The number of hydrogen-bond acceptors (Lipinski definition) is 2. The third kappa shape index (κ3) is 2.67. The molecule has 0 amide bonds. The fourth-order valence-electron chi connectivity index (χ4n) is 2.52. The molecule has 1 aliphatic rings. The molecule has 1 aliphatic carbocycles. The molecule has 0 atom stereocenters. The summed E-state index contributed by atoms with van der Waals surface area (Å²) in [5.74, 6) is -1.41. The molecule has 21 heavy (non-hydrogen) atoms. The smallest absolute Gasteiger partial charge is 0.336 e. The van der Waals surface area contributed by atoms with E-state index in [4.69, 9.17) is 11.6 Å². The number of carboxylic acids is 1. The van der Waals surface area contributed by atoms with Crippen LogP contribution in [0.5, 0.6) is 0 Å². The van der Waals surface area contributed by atoms with Gasteiger partial charge in [0.15, 0.2) is 0 Å². The summed E-state index contributed by atoms with van der Waals surface area (Å²) in [5, 5.41) is 9.27. The predicted octanol–water partition coefficient (Wildman–Crippen LogP) is 3.75. The van der Waals surface area contributed by atoms with Gasteiger partial charge in [0.2, 0.25) is 0 Å². The lowest BCUT2D eigenvalue weighted by Gasteiger charge is -2.05. The highest BCUT2D eigenvalue weighted by molar-refractivity contribution is 6.30. The molecule has 2 aromatic rings. The zero-order valence-electron chi connectivity index (χ0n) is 10.9. The number of fused-ring (bicyclic) bond motifs is 1. The molecule has 0 spiro atoms. The van der Waals surface area contributed by atoms with Gasteiger partial charge >= 0.3 is 5.97 Å². The van der Waals surface area contributed by atoms with Crippen LogP contribution in [0.4, 0.5) is 4.39 Å². The van der Waals surface area contributed by atoms with Gasteiger partial charge < -0.3 is 5.11 Å². The highest BCUT2D eigenvalue weighted by atomic mass is 35.5. The van der Waals surface area contributed by atoms with Crippen molar-refractivity contribution in [2.75, 3.05) is 0 Å². The first-order valence-electron chi connectivity index (χ1n) is 6.39. The quantitative estimate of drug-likeness (QED) is 0.939. The first kappa shape index (κ1) is 13.8. The maximum Gasteiger partial charge on any atom is 0.336 e. The standard InChI is InChI=1S/C16H11ClFNO2/c17-13-2-1-9(7-14(13)18)5-10-6-12-11(16(20)21)3-4-19-15(12)8-10/h1-4,7-8H,5-6H2,(H,20,21). The number of halogens is 2. The van der Waals surface area contributed by atoms with Gasteiger partial charge in [-0.1, -0.05) is 23.2 Å². The zero-order valence-corrected chi connectivity index (χ0v) is 11.7. The van der Waals surface area contributed by atoms with Crippen LogP contribution in [0.2, 0.25) is 5.02 Å². The SMILES string of the molecule is O=C(O)c1ccnc2c1CC(Cc1ccc(Cl)c(F)c1)=C2. The largest absolute Gasteiger partial charge is 0.478 e. The summed E-state index contributed by atoms with van der Waals surface area (Å²) < 4.78 is 13.4. The maximum absolute atomic E-state index is 13.4. The fourth-order valence-corrected chi connectivity index (χ4v) is 2.63. The molecule has 1 aromatic carbocycles. The monoisotopic (exact) mass is 303 g/mol. The van der Waals surface area contributed by atoms with E-state index >= 15 is 0 Å². The van der Waals surface area contributed by atoms with Gasteiger partial charge in [-0.3, -0.25) is 4.98 Å². The van der Waals surface area contributed by atoms with Gasteiger partial charge in [-0.2, -0.15) is 0 Å². The Labute approximate surface area is 125 Å². The molecule has 3 nitrogen and oxygen atoms in total. The van der Waals surface area contributed by atoms with Gasteiger partial charge in [-0.15, -0.1) is 0 Å². The molecule has 106 valence electrons. The Balaban J connectivity index is 1.85. The molecule has 0 unspecified atom stereocenters. The second-order valence-corrected chi connectivity index (χ2v) is 5.34. The van der Waals surface area contributed by atoms with Crippen LogP contribution in [0.15, 0.2) is 36.0 Å². The van der Waals surface area contributed by atoms with Gasteiger partial charge in [0.05, 0.1) is 16.3 Å². The van der Waals surface area contributed by atoms with Crippen LogP contribution in [0.25, 0.3) is 6.08 Å². The molecular formula is C16H11ClFNO2. The molecular weight excluding hydrogens is 293 g/mol. The molecule has 5 heteroatoms. The minimum atomic E-state index is -0.958. The number of benzene rings is 1. The van der Waals surface area contributed by atoms with E-state index in [-0.39, 0.29) is 10.6 Å². The fraction of sp³-hybridized carbons (Fsp3) is 0.125. The number of rotatable bonds is 3. The maximum atomic E-state index is 13.4. The van der Waals surface area contributed by atoms with Gasteiger partial charge in [0.25, 0.3) is 0 Å². The van der Waals surface area contributed by atoms with E-state index in [1.165, 1.54) is 24.4 Å². The molecule has 1 N–H and O–H groups in total. The normalized spacial score (nSPS) is 13.0. The van der Waals surface area contributed by atoms with Crippen molar-refractivity contribution in [2.45, 2.75) is 12.8 Å². The lowest BCUT2D eigenvalue weighted by Crippen LogP contribution is -2.04. The third-order valence-corrected chi connectivity index (χ3v) is 3.79. The van der Waals surface area contributed by atoms with Gasteiger partial charge in [0.1, 0.15) is 5.82 Å². The Kier molecular flexibility index (Phi) is 3.47. The summed E-state index contributed by atoms with van der Waals surface area (Å²) in [6.07, 6.45) is 4.43. The number of carboxylic acid groups (broad SMARTS) is 1. The van der Waals surface area contributed by atoms with Crippen molar-refractivity contribution in [3.63, 3.8) is 0 Å². The summed E-state index contributed by atoms with van der Waals surface area (Å²) >= 11 is 5.66. The lowest BCUT2D eigenvalue weighted by molar-refractivity contribution is 0.0695. The second kappa shape index (κ2) is 5.30. The Hall–Kier alpha value is -2.20. The van der Waals surface area contributed by atoms with Gasteiger partial charge in [-0.05, 0) is 48.2 Å². The van der Waals surface area contributed by atoms with Crippen LogP contribution in [-0.4, -0.2) is 16.1 Å². The summed E-state index contributed by atoms with van der Waals surface area (Å²) in [4.78, 5) is 15.4. The van der Waals surface area contributed by atoms with Crippen molar-refractivity contribution < 1.29 is 14.3 Å². The molecule has 0 fully saturated rings. The van der Waals surface area contributed by atoms with Crippen molar-refractivity contribution >= 4 is 23.6 Å². The second-order valence-electron chi connectivity index (χ2n) is 4.93. The Morgan fingerprint density at radius 1 is 1.38 bits per heavy atom. The summed E-state index contributed by atoms with van der Waals surface area (Å²) in [6.45, 7) is 0. The van der Waals surface area contributed by atoms with Crippen molar-refractivity contribution in [1.29, 1.82) is 0 Å². The Morgan fingerprint density at radius 2 is 2.19 bits per heavy atom. The average molecular weight is 304 g/mol. The van der Waals surface area contributed by atoms with Crippen molar-refractivity contribution in [2.24, 2.45) is 0 Å². The van der Waals surface area contributed by atoms with E-state index in [1.807, 2.05) is 6.08 Å². The van der Waals surface area contributed by atoms with Crippen LogP contribution in [0.1, 0.15) is 27.2 Å². The minimum Gasteiger partial charge on any atom is -0.478 e. The van der Waals surface area contributed by atoms with E-state index in [1.54, 1.807) is 6.07 Å². The topological polar surface area (TPSA) is 50.2 Å². The summed E-state index contributed by atoms with van der Waals surface area (Å²) in [6, 6.07) is 6.19. The molecule has 3 rings (SSSR count). The number of nitrogens with zero attached hydrogens (tertiary/aromatic N) is 1. The Bertz CT molecular complexity index is 771. The van der Waals surface area contributed by atoms with Crippen LogP contribution >= 0.6 is 11.6 Å².